The topological polar surface area (TPSA) is 67.3 Å². The van der Waals surface area contributed by atoms with Crippen molar-refractivity contribution in [2.24, 2.45) is 0 Å². The predicted octanol–water partition coefficient (Wildman–Crippen LogP) is 2.92. The van der Waals surface area contributed by atoms with Crippen LogP contribution in [-0.4, -0.2) is 40.6 Å². The van der Waals surface area contributed by atoms with Gasteiger partial charge in [-0.25, -0.2) is 9.97 Å². The molecular weight excluding hydrogens is 349 g/mol. The number of hydrogen-bond acceptors (Lipinski definition) is 5. The van der Waals surface area contributed by atoms with Crippen LogP contribution in [0.4, 0.5) is 19.0 Å². The Labute approximate surface area is 148 Å². The second-order valence-corrected chi connectivity index (χ2v) is 5.97. The molecule has 2 aromatic heterocycles. The van der Waals surface area contributed by atoms with Crippen molar-refractivity contribution >= 4 is 11.7 Å². The van der Waals surface area contributed by atoms with Crippen molar-refractivity contribution in [1.82, 2.24) is 14.9 Å². The van der Waals surface area contributed by atoms with Gasteiger partial charge >= 0.3 is 6.18 Å². The molecule has 6 nitrogen and oxygen atoms in total. The Bertz CT molecular complexity index is 839. The Morgan fingerprint density at radius 2 is 2.12 bits per heavy atom. The van der Waals surface area contributed by atoms with Gasteiger partial charge in [0.05, 0.1) is 6.54 Å². The standard InChI is InChI=1S/C17H17F3N4O2/c1-10-5-11(6-23-15(10)26-9-17(18,19)20)7-24-8-13-12(16(24)25)3-4-22-14(13)21-2/h3-6H,7-9H2,1-2H3,(H,21,22). The highest BCUT2D eigenvalue weighted by Gasteiger charge is 2.30. The maximum atomic E-state index is 12.5. The Balaban J connectivity index is 1.72. The molecule has 1 N–H and O–H groups in total. The Morgan fingerprint density at radius 1 is 1.35 bits per heavy atom. The van der Waals surface area contributed by atoms with E-state index in [1.807, 2.05) is 0 Å². The van der Waals surface area contributed by atoms with Gasteiger partial charge in [0.2, 0.25) is 5.88 Å². The molecule has 138 valence electrons. The number of halogens is 3. The summed E-state index contributed by atoms with van der Waals surface area (Å²) in [5.41, 5.74) is 2.62. The SMILES string of the molecule is CNc1nccc2c1CN(Cc1cnc(OCC(F)(F)F)c(C)c1)C2=O. The molecule has 1 aliphatic rings. The number of aromatic nitrogens is 2. The summed E-state index contributed by atoms with van der Waals surface area (Å²) in [7, 11) is 1.74. The van der Waals surface area contributed by atoms with Gasteiger partial charge in [-0.1, -0.05) is 0 Å². The number of amides is 1. The monoisotopic (exact) mass is 366 g/mol. The lowest BCUT2D eigenvalue weighted by Gasteiger charge is -2.17. The highest BCUT2D eigenvalue weighted by Crippen LogP contribution is 2.29. The first-order valence-electron chi connectivity index (χ1n) is 7.88. The van der Waals surface area contributed by atoms with E-state index in [9.17, 15) is 18.0 Å². The van der Waals surface area contributed by atoms with Crippen LogP contribution in [0.15, 0.2) is 24.5 Å². The Kier molecular flexibility index (Phi) is 4.71. The van der Waals surface area contributed by atoms with Gasteiger partial charge in [-0.2, -0.15) is 13.2 Å². The van der Waals surface area contributed by atoms with Gasteiger partial charge in [-0.3, -0.25) is 4.79 Å². The van der Waals surface area contributed by atoms with Crippen molar-refractivity contribution in [2.75, 3.05) is 19.0 Å². The predicted molar refractivity (Wildman–Crippen MR) is 87.9 cm³/mol. The molecule has 0 atom stereocenters. The number of anilines is 1. The fourth-order valence-electron chi connectivity index (χ4n) is 2.86. The number of nitrogens with zero attached hydrogens (tertiary/aromatic N) is 3. The zero-order valence-electron chi connectivity index (χ0n) is 14.2. The van der Waals surface area contributed by atoms with Gasteiger partial charge < -0.3 is 15.0 Å². The third kappa shape index (κ3) is 3.71. The molecular formula is C17H17F3N4O2. The van der Waals surface area contributed by atoms with Crippen molar-refractivity contribution in [1.29, 1.82) is 0 Å². The van der Waals surface area contributed by atoms with Crippen molar-refractivity contribution in [3.63, 3.8) is 0 Å². The van der Waals surface area contributed by atoms with Gasteiger partial charge in [-0.15, -0.1) is 0 Å². The number of nitrogens with one attached hydrogen (secondary N) is 1. The summed E-state index contributed by atoms with van der Waals surface area (Å²) < 4.78 is 41.4. The average molecular weight is 366 g/mol. The number of aryl methyl sites for hydroxylation is 1. The van der Waals surface area contributed by atoms with E-state index in [-0.39, 0.29) is 11.8 Å². The fraction of sp³-hybridized carbons (Fsp3) is 0.353. The molecule has 26 heavy (non-hydrogen) atoms. The first kappa shape index (κ1) is 18.0. The second kappa shape index (κ2) is 6.81. The van der Waals surface area contributed by atoms with Crippen LogP contribution < -0.4 is 10.1 Å². The van der Waals surface area contributed by atoms with Crippen LogP contribution in [0.5, 0.6) is 5.88 Å². The Hall–Kier alpha value is -2.84. The quantitative estimate of drug-likeness (QED) is 0.881. The van der Waals surface area contributed by atoms with Crippen molar-refractivity contribution in [3.8, 4) is 5.88 Å². The summed E-state index contributed by atoms with van der Waals surface area (Å²) in [4.78, 5) is 22.3. The average Bonchev–Trinajstić information content (AvgIpc) is 2.89. The lowest BCUT2D eigenvalue weighted by atomic mass is 10.1. The first-order chi connectivity index (χ1) is 12.3. The summed E-state index contributed by atoms with van der Waals surface area (Å²) >= 11 is 0. The van der Waals surface area contributed by atoms with Crippen LogP contribution in [0.2, 0.25) is 0 Å². The van der Waals surface area contributed by atoms with E-state index in [1.54, 1.807) is 37.2 Å². The largest absolute Gasteiger partial charge is 0.468 e. The number of carbonyl (C=O) groups is 1. The van der Waals surface area contributed by atoms with Crippen LogP contribution in [0, 0.1) is 6.92 Å². The lowest BCUT2D eigenvalue weighted by Crippen LogP contribution is -2.23. The van der Waals surface area contributed by atoms with Crippen molar-refractivity contribution in [3.05, 3.63) is 46.8 Å². The molecule has 0 aliphatic carbocycles. The maximum Gasteiger partial charge on any atom is 0.422 e. The van der Waals surface area contributed by atoms with Gasteiger partial charge in [0.25, 0.3) is 5.91 Å². The molecule has 0 fully saturated rings. The number of carbonyl (C=O) groups excluding carboxylic acids is 1. The van der Waals surface area contributed by atoms with Crippen LogP contribution in [0.3, 0.4) is 0 Å². The summed E-state index contributed by atoms with van der Waals surface area (Å²) in [6, 6.07) is 3.35. The van der Waals surface area contributed by atoms with Crippen LogP contribution in [0.1, 0.15) is 27.0 Å². The van der Waals surface area contributed by atoms with E-state index >= 15 is 0 Å². The van der Waals surface area contributed by atoms with Crippen molar-refractivity contribution in [2.45, 2.75) is 26.2 Å². The second-order valence-electron chi connectivity index (χ2n) is 5.97. The zero-order valence-corrected chi connectivity index (χ0v) is 14.2. The minimum absolute atomic E-state index is 0.0659. The van der Waals surface area contributed by atoms with E-state index in [4.69, 9.17) is 4.74 Å². The Morgan fingerprint density at radius 3 is 2.77 bits per heavy atom. The van der Waals surface area contributed by atoms with Gasteiger partial charge in [0.1, 0.15) is 5.82 Å². The molecule has 0 aromatic carbocycles. The molecule has 0 saturated heterocycles. The zero-order chi connectivity index (χ0) is 18.9. The fourth-order valence-corrected chi connectivity index (χ4v) is 2.86. The van der Waals surface area contributed by atoms with Crippen LogP contribution in [0.25, 0.3) is 0 Å². The molecule has 0 radical (unpaired) electrons. The molecule has 0 saturated carbocycles. The van der Waals surface area contributed by atoms with Gasteiger partial charge in [0.15, 0.2) is 6.61 Å². The third-order valence-corrected chi connectivity index (χ3v) is 3.99. The minimum Gasteiger partial charge on any atom is -0.468 e. The number of alkyl halides is 3. The molecule has 0 spiro atoms. The van der Waals surface area contributed by atoms with E-state index in [0.717, 1.165) is 5.56 Å². The number of rotatable bonds is 5. The molecule has 0 unspecified atom stereocenters. The highest BCUT2D eigenvalue weighted by molar-refractivity contribution is 5.99. The molecule has 2 aromatic rings. The normalized spacial score (nSPS) is 13.7. The van der Waals surface area contributed by atoms with E-state index in [0.29, 0.717) is 35.6 Å². The summed E-state index contributed by atoms with van der Waals surface area (Å²) in [5, 5.41) is 2.96. The van der Waals surface area contributed by atoms with E-state index in [1.165, 1.54) is 6.20 Å². The summed E-state index contributed by atoms with van der Waals surface area (Å²) in [5.74, 6) is 0.473. The van der Waals surface area contributed by atoms with Gasteiger partial charge in [0, 0.05) is 42.7 Å². The number of pyridine rings is 2. The van der Waals surface area contributed by atoms with Crippen LogP contribution in [-0.2, 0) is 13.1 Å². The molecule has 1 aliphatic heterocycles. The molecule has 3 heterocycles. The number of hydrogen-bond donors (Lipinski definition) is 1. The lowest BCUT2D eigenvalue weighted by molar-refractivity contribution is -0.154. The molecule has 0 bridgehead atoms. The van der Waals surface area contributed by atoms with Crippen LogP contribution >= 0.6 is 0 Å². The van der Waals surface area contributed by atoms with Gasteiger partial charge in [-0.05, 0) is 24.6 Å². The molecule has 9 heteroatoms. The third-order valence-electron chi connectivity index (χ3n) is 3.99. The highest BCUT2D eigenvalue weighted by atomic mass is 19.4. The summed E-state index contributed by atoms with van der Waals surface area (Å²) in [6.45, 7) is 0.930. The minimum atomic E-state index is -4.42. The first-order valence-corrected chi connectivity index (χ1v) is 7.88. The molecule has 1 amide bonds. The molecule has 3 rings (SSSR count). The van der Waals surface area contributed by atoms with Crippen molar-refractivity contribution < 1.29 is 22.7 Å². The number of ether oxygens (including phenoxy) is 1. The maximum absolute atomic E-state index is 12.5. The smallest absolute Gasteiger partial charge is 0.422 e. The van der Waals surface area contributed by atoms with E-state index in [2.05, 4.69) is 15.3 Å². The summed E-state index contributed by atoms with van der Waals surface area (Å²) in [6.07, 6.45) is -1.42. The van der Waals surface area contributed by atoms with E-state index < -0.39 is 12.8 Å². The number of fused-ring (bicyclic) bond motifs is 1.